The standard InChI is InChI=1S/C15H15N3O2S/c1-19-12-6-4-3-5-10(12)9-18-14-11(16-15(18)21)7-8-13(17-14)20-2/h3-8H,9H2,1-2H3,(H,16,21). The van der Waals surface area contributed by atoms with E-state index in [1.165, 1.54) is 0 Å². The first-order valence-corrected chi connectivity index (χ1v) is 6.89. The Kier molecular flexibility index (Phi) is 3.62. The molecule has 0 aliphatic rings. The van der Waals surface area contributed by atoms with E-state index in [4.69, 9.17) is 21.7 Å². The SMILES string of the molecule is COc1ccc2[nH]c(=S)n(Cc3ccccc3OC)c2n1. The number of aromatic amines is 1. The summed E-state index contributed by atoms with van der Waals surface area (Å²) < 4.78 is 13.1. The highest BCUT2D eigenvalue weighted by molar-refractivity contribution is 7.71. The van der Waals surface area contributed by atoms with Gasteiger partial charge in [-0.05, 0) is 24.4 Å². The van der Waals surface area contributed by atoms with Gasteiger partial charge in [0.2, 0.25) is 5.88 Å². The Morgan fingerprint density at radius 1 is 1.14 bits per heavy atom. The minimum Gasteiger partial charge on any atom is -0.496 e. The van der Waals surface area contributed by atoms with E-state index >= 15 is 0 Å². The summed E-state index contributed by atoms with van der Waals surface area (Å²) in [6.45, 7) is 0.586. The van der Waals surface area contributed by atoms with Crippen LogP contribution < -0.4 is 9.47 Å². The largest absolute Gasteiger partial charge is 0.496 e. The number of imidazole rings is 1. The predicted octanol–water partition coefficient (Wildman–Crippen LogP) is 3.16. The maximum Gasteiger partial charge on any atom is 0.215 e. The molecule has 2 aromatic heterocycles. The van der Waals surface area contributed by atoms with E-state index in [1.807, 2.05) is 34.9 Å². The van der Waals surface area contributed by atoms with Crippen LogP contribution in [0.5, 0.6) is 11.6 Å². The van der Waals surface area contributed by atoms with Gasteiger partial charge >= 0.3 is 0 Å². The third kappa shape index (κ3) is 2.50. The number of methoxy groups -OCH3 is 2. The van der Waals surface area contributed by atoms with Crippen molar-refractivity contribution >= 4 is 23.4 Å². The smallest absolute Gasteiger partial charge is 0.215 e. The van der Waals surface area contributed by atoms with Crippen molar-refractivity contribution in [2.45, 2.75) is 6.54 Å². The van der Waals surface area contributed by atoms with Crippen LogP contribution in [0.1, 0.15) is 5.56 Å². The number of benzene rings is 1. The van der Waals surface area contributed by atoms with E-state index in [0.29, 0.717) is 17.2 Å². The Labute approximate surface area is 127 Å². The number of hydrogen-bond donors (Lipinski definition) is 1. The van der Waals surface area contributed by atoms with Crippen molar-refractivity contribution in [1.29, 1.82) is 0 Å². The molecule has 0 unspecified atom stereocenters. The van der Waals surface area contributed by atoms with Crippen molar-refractivity contribution in [1.82, 2.24) is 14.5 Å². The van der Waals surface area contributed by atoms with E-state index in [9.17, 15) is 0 Å². The molecule has 0 aliphatic heterocycles. The summed E-state index contributed by atoms with van der Waals surface area (Å²) in [7, 11) is 3.26. The van der Waals surface area contributed by atoms with E-state index in [-0.39, 0.29) is 0 Å². The predicted molar refractivity (Wildman–Crippen MR) is 83.6 cm³/mol. The number of pyridine rings is 1. The van der Waals surface area contributed by atoms with Crippen molar-refractivity contribution in [3.63, 3.8) is 0 Å². The molecule has 6 heteroatoms. The fourth-order valence-electron chi connectivity index (χ4n) is 2.28. The van der Waals surface area contributed by atoms with Crippen molar-refractivity contribution in [2.75, 3.05) is 14.2 Å². The molecule has 0 fully saturated rings. The third-order valence-electron chi connectivity index (χ3n) is 3.32. The molecule has 0 atom stereocenters. The van der Waals surface area contributed by atoms with Gasteiger partial charge in [-0.3, -0.25) is 4.57 Å². The van der Waals surface area contributed by atoms with Crippen LogP contribution in [0.4, 0.5) is 0 Å². The highest BCUT2D eigenvalue weighted by Crippen LogP contribution is 2.22. The van der Waals surface area contributed by atoms with E-state index in [1.54, 1.807) is 20.3 Å². The molecular formula is C15H15N3O2S. The molecule has 0 aliphatic carbocycles. The number of nitrogens with one attached hydrogen (secondary N) is 1. The van der Waals surface area contributed by atoms with Gasteiger partial charge in [0, 0.05) is 11.6 Å². The van der Waals surface area contributed by atoms with Gasteiger partial charge in [-0.15, -0.1) is 0 Å². The van der Waals surface area contributed by atoms with Crippen molar-refractivity contribution in [2.24, 2.45) is 0 Å². The summed E-state index contributed by atoms with van der Waals surface area (Å²) in [4.78, 5) is 7.62. The molecule has 0 spiro atoms. The van der Waals surface area contributed by atoms with E-state index in [2.05, 4.69) is 9.97 Å². The molecule has 1 aromatic carbocycles. The Hall–Kier alpha value is -2.34. The molecule has 0 saturated carbocycles. The average Bonchev–Trinajstić information content (AvgIpc) is 2.83. The summed E-state index contributed by atoms with van der Waals surface area (Å²) in [6.07, 6.45) is 0. The van der Waals surface area contributed by atoms with Crippen molar-refractivity contribution in [3.05, 3.63) is 46.7 Å². The number of fused-ring (bicyclic) bond motifs is 1. The van der Waals surface area contributed by atoms with Gasteiger partial charge in [0.1, 0.15) is 5.75 Å². The zero-order valence-electron chi connectivity index (χ0n) is 11.8. The zero-order valence-corrected chi connectivity index (χ0v) is 12.6. The molecule has 5 nitrogen and oxygen atoms in total. The first-order chi connectivity index (χ1) is 10.2. The Morgan fingerprint density at radius 2 is 1.95 bits per heavy atom. The summed E-state index contributed by atoms with van der Waals surface area (Å²) in [5.74, 6) is 1.39. The maximum atomic E-state index is 5.40. The van der Waals surface area contributed by atoms with Gasteiger partial charge in [-0.25, -0.2) is 0 Å². The topological polar surface area (TPSA) is 52.1 Å². The molecular weight excluding hydrogens is 286 g/mol. The lowest BCUT2D eigenvalue weighted by Gasteiger charge is -2.09. The van der Waals surface area contributed by atoms with Gasteiger partial charge in [-0.1, -0.05) is 18.2 Å². The monoisotopic (exact) mass is 301 g/mol. The van der Waals surface area contributed by atoms with Crippen LogP contribution in [0, 0.1) is 4.77 Å². The lowest BCUT2D eigenvalue weighted by molar-refractivity contribution is 0.398. The summed E-state index contributed by atoms with van der Waals surface area (Å²) >= 11 is 5.40. The van der Waals surface area contributed by atoms with Gasteiger partial charge in [0.25, 0.3) is 0 Å². The molecule has 0 bridgehead atoms. The van der Waals surface area contributed by atoms with Crippen LogP contribution in [0.25, 0.3) is 11.2 Å². The lowest BCUT2D eigenvalue weighted by Crippen LogP contribution is -2.03. The van der Waals surface area contributed by atoms with Crippen LogP contribution >= 0.6 is 12.2 Å². The Bertz CT molecular complexity index is 838. The molecule has 21 heavy (non-hydrogen) atoms. The second kappa shape index (κ2) is 5.57. The molecule has 0 amide bonds. The normalized spacial score (nSPS) is 10.8. The first kappa shape index (κ1) is 13.6. The van der Waals surface area contributed by atoms with Crippen LogP contribution in [-0.2, 0) is 6.54 Å². The number of aromatic nitrogens is 3. The van der Waals surface area contributed by atoms with Crippen LogP contribution in [-0.4, -0.2) is 28.8 Å². The maximum absolute atomic E-state index is 5.40. The van der Waals surface area contributed by atoms with Gasteiger partial charge < -0.3 is 14.5 Å². The first-order valence-electron chi connectivity index (χ1n) is 6.48. The highest BCUT2D eigenvalue weighted by atomic mass is 32.1. The quantitative estimate of drug-likeness (QED) is 0.752. The van der Waals surface area contributed by atoms with Crippen molar-refractivity contribution in [3.8, 4) is 11.6 Å². The molecule has 0 saturated heterocycles. The lowest BCUT2D eigenvalue weighted by atomic mass is 10.2. The van der Waals surface area contributed by atoms with Gasteiger partial charge in [0.05, 0.1) is 26.3 Å². The number of rotatable bonds is 4. The number of hydrogen-bond acceptors (Lipinski definition) is 4. The fourth-order valence-corrected chi connectivity index (χ4v) is 2.54. The van der Waals surface area contributed by atoms with Crippen LogP contribution in [0.15, 0.2) is 36.4 Å². The molecule has 3 aromatic rings. The summed E-state index contributed by atoms with van der Waals surface area (Å²) in [6, 6.07) is 11.6. The van der Waals surface area contributed by atoms with E-state index in [0.717, 1.165) is 22.5 Å². The molecule has 3 rings (SSSR count). The minimum atomic E-state index is 0.560. The fraction of sp³-hybridized carbons (Fsp3) is 0.200. The minimum absolute atomic E-state index is 0.560. The van der Waals surface area contributed by atoms with E-state index < -0.39 is 0 Å². The van der Waals surface area contributed by atoms with Crippen LogP contribution in [0.2, 0.25) is 0 Å². The molecule has 108 valence electrons. The highest BCUT2D eigenvalue weighted by Gasteiger charge is 2.10. The third-order valence-corrected chi connectivity index (χ3v) is 3.64. The van der Waals surface area contributed by atoms with Crippen molar-refractivity contribution < 1.29 is 9.47 Å². The van der Waals surface area contributed by atoms with Gasteiger partial charge in [-0.2, -0.15) is 4.98 Å². The second-order valence-corrected chi connectivity index (χ2v) is 4.94. The summed E-state index contributed by atoms with van der Waals surface area (Å²) in [5, 5.41) is 0. The second-order valence-electron chi connectivity index (χ2n) is 4.55. The Balaban J connectivity index is 2.11. The number of ether oxygens (including phenoxy) is 2. The molecule has 1 N–H and O–H groups in total. The van der Waals surface area contributed by atoms with Gasteiger partial charge in [0.15, 0.2) is 10.4 Å². The molecule has 0 radical (unpaired) electrons. The number of nitrogens with zero attached hydrogens (tertiary/aromatic N) is 2. The number of H-pyrrole nitrogens is 1. The average molecular weight is 301 g/mol. The summed E-state index contributed by atoms with van der Waals surface area (Å²) in [5.41, 5.74) is 2.70. The molecule has 2 heterocycles. The Morgan fingerprint density at radius 3 is 2.71 bits per heavy atom. The van der Waals surface area contributed by atoms with Crippen LogP contribution in [0.3, 0.4) is 0 Å². The zero-order chi connectivity index (χ0) is 14.8. The number of para-hydroxylation sites is 1.